The summed E-state index contributed by atoms with van der Waals surface area (Å²) in [5.41, 5.74) is 1.15. The van der Waals surface area contributed by atoms with Crippen LogP contribution < -0.4 is 4.74 Å². The van der Waals surface area contributed by atoms with Gasteiger partial charge >= 0.3 is 0 Å². The van der Waals surface area contributed by atoms with Gasteiger partial charge in [-0.15, -0.1) is 0 Å². The zero-order valence-corrected chi connectivity index (χ0v) is 15.7. The van der Waals surface area contributed by atoms with Gasteiger partial charge in [0.05, 0.1) is 13.0 Å². The first-order valence-electron chi connectivity index (χ1n) is 9.31. The van der Waals surface area contributed by atoms with Gasteiger partial charge in [0.2, 0.25) is 11.8 Å². The molecule has 0 spiro atoms. The van der Waals surface area contributed by atoms with Crippen LogP contribution in [0.25, 0.3) is 0 Å². The molecule has 2 amide bonds. The maximum absolute atomic E-state index is 13.0. The minimum Gasteiger partial charge on any atom is -0.497 e. The molecule has 1 aromatic carbocycles. The summed E-state index contributed by atoms with van der Waals surface area (Å²) in [5, 5.41) is 0. The van der Waals surface area contributed by atoms with E-state index in [1.807, 2.05) is 17.0 Å². The maximum atomic E-state index is 13.0. The van der Waals surface area contributed by atoms with Gasteiger partial charge in [0, 0.05) is 31.6 Å². The highest BCUT2D eigenvalue weighted by Gasteiger charge is 2.40. The summed E-state index contributed by atoms with van der Waals surface area (Å²) in [6.45, 7) is 8.47. The Morgan fingerprint density at radius 3 is 2.85 bits per heavy atom. The molecule has 1 aromatic rings. The second kappa shape index (κ2) is 7.52. The summed E-state index contributed by atoms with van der Waals surface area (Å²) in [7, 11) is 1.67. The van der Waals surface area contributed by atoms with Crippen LogP contribution in [0.1, 0.15) is 31.7 Å². The van der Waals surface area contributed by atoms with Gasteiger partial charge < -0.3 is 14.5 Å². The molecule has 2 unspecified atom stereocenters. The van der Waals surface area contributed by atoms with E-state index in [1.165, 1.54) is 11.6 Å². The lowest BCUT2D eigenvalue weighted by atomic mass is 9.82. The number of methoxy groups -OCH3 is 1. The zero-order valence-electron chi connectivity index (χ0n) is 15.7. The zero-order chi connectivity index (χ0) is 18.7. The number of carbonyl (C=O) groups excluding carboxylic acids is 2. The van der Waals surface area contributed by atoms with Gasteiger partial charge in [0.25, 0.3) is 0 Å². The van der Waals surface area contributed by atoms with Gasteiger partial charge in [-0.05, 0) is 43.0 Å². The number of likely N-dealkylation sites (tertiary alicyclic amines) is 2. The molecule has 3 rings (SSSR count). The third-order valence-corrected chi connectivity index (χ3v) is 5.81. The van der Waals surface area contributed by atoms with Gasteiger partial charge in [-0.3, -0.25) is 9.59 Å². The number of rotatable bonds is 4. The second-order valence-corrected chi connectivity index (χ2v) is 7.63. The molecular formula is C21H28N2O3. The molecular weight excluding hydrogens is 328 g/mol. The van der Waals surface area contributed by atoms with Gasteiger partial charge in [-0.2, -0.15) is 0 Å². The fourth-order valence-electron chi connectivity index (χ4n) is 4.15. The number of hydrogen-bond donors (Lipinski definition) is 0. The molecule has 0 aromatic heterocycles. The lowest BCUT2D eigenvalue weighted by Gasteiger charge is -2.34. The van der Waals surface area contributed by atoms with Crippen molar-refractivity contribution in [1.29, 1.82) is 0 Å². The Bertz CT molecular complexity index is 702. The summed E-state index contributed by atoms with van der Waals surface area (Å²) >= 11 is 0. The number of piperidine rings is 1. The van der Waals surface area contributed by atoms with E-state index in [2.05, 4.69) is 25.6 Å². The molecule has 2 aliphatic rings. The van der Waals surface area contributed by atoms with Crippen LogP contribution in [0, 0.1) is 5.92 Å². The Morgan fingerprint density at radius 2 is 2.12 bits per heavy atom. The molecule has 2 aliphatic heterocycles. The number of hydrogen-bond acceptors (Lipinski definition) is 3. The minimum atomic E-state index is -0.0969. The quantitative estimate of drug-likeness (QED) is 0.779. The van der Waals surface area contributed by atoms with Crippen molar-refractivity contribution in [3.63, 3.8) is 0 Å². The average Bonchev–Trinajstić information content (AvgIpc) is 3.10. The Morgan fingerprint density at radius 1 is 1.31 bits per heavy atom. The van der Waals surface area contributed by atoms with Crippen LogP contribution in [0.15, 0.2) is 36.9 Å². The highest BCUT2D eigenvalue weighted by molar-refractivity contribution is 5.88. The third kappa shape index (κ3) is 3.62. The predicted octanol–water partition coefficient (Wildman–Crippen LogP) is 2.61. The number of ether oxygens (including phenoxy) is 1. The lowest BCUT2D eigenvalue weighted by molar-refractivity contribution is -0.138. The predicted molar refractivity (Wildman–Crippen MR) is 101 cm³/mol. The number of amides is 2. The van der Waals surface area contributed by atoms with Crippen LogP contribution in [0.5, 0.6) is 5.75 Å². The van der Waals surface area contributed by atoms with E-state index in [0.29, 0.717) is 13.1 Å². The molecule has 5 nitrogen and oxygen atoms in total. The lowest BCUT2D eigenvalue weighted by Crippen LogP contribution is -2.46. The highest BCUT2D eigenvalue weighted by atomic mass is 16.5. The van der Waals surface area contributed by atoms with E-state index in [4.69, 9.17) is 4.74 Å². The summed E-state index contributed by atoms with van der Waals surface area (Å²) in [6, 6.07) is 8.13. The molecule has 0 aliphatic carbocycles. The van der Waals surface area contributed by atoms with Crippen LogP contribution in [-0.4, -0.2) is 54.9 Å². The van der Waals surface area contributed by atoms with Crippen molar-refractivity contribution in [3.8, 4) is 5.75 Å². The first kappa shape index (κ1) is 18.5. The van der Waals surface area contributed by atoms with Gasteiger partial charge in [-0.1, -0.05) is 25.6 Å². The third-order valence-electron chi connectivity index (χ3n) is 5.81. The number of nitrogens with zero attached hydrogens (tertiary/aromatic N) is 2. The Labute approximate surface area is 155 Å². The molecule has 26 heavy (non-hydrogen) atoms. The van der Waals surface area contributed by atoms with Gasteiger partial charge in [0.15, 0.2) is 0 Å². The molecule has 0 saturated carbocycles. The van der Waals surface area contributed by atoms with Crippen LogP contribution in [0.4, 0.5) is 0 Å². The van der Waals surface area contributed by atoms with Crippen LogP contribution in [-0.2, 0) is 15.0 Å². The fourth-order valence-corrected chi connectivity index (χ4v) is 4.15. The van der Waals surface area contributed by atoms with Crippen molar-refractivity contribution in [3.05, 3.63) is 42.5 Å². The van der Waals surface area contributed by atoms with Crippen LogP contribution in [0.3, 0.4) is 0 Å². The first-order valence-corrected chi connectivity index (χ1v) is 9.31. The van der Waals surface area contributed by atoms with Crippen LogP contribution in [0.2, 0.25) is 0 Å². The van der Waals surface area contributed by atoms with Gasteiger partial charge in [-0.25, -0.2) is 0 Å². The molecule has 2 fully saturated rings. The Balaban J connectivity index is 1.68. The molecule has 0 bridgehead atoms. The SMILES string of the molecule is C=CC(=O)N1CCCC(C(=O)N2CCC(C)(c3cccc(OC)c3)C2)C1. The molecule has 2 saturated heterocycles. The van der Waals surface area contributed by atoms with Crippen molar-refractivity contribution < 1.29 is 14.3 Å². The van der Waals surface area contributed by atoms with E-state index >= 15 is 0 Å². The van der Waals surface area contributed by atoms with E-state index in [-0.39, 0.29) is 23.1 Å². The van der Waals surface area contributed by atoms with Crippen molar-refractivity contribution in [2.45, 2.75) is 31.6 Å². The van der Waals surface area contributed by atoms with Crippen molar-refractivity contribution >= 4 is 11.8 Å². The van der Waals surface area contributed by atoms with Crippen molar-refractivity contribution in [2.24, 2.45) is 5.92 Å². The molecule has 2 heterocycles. The monoisotopic (exact) mass is 356 g/mol. The number of carbonyl (C=O) groups is 2. The van der Waals surface area contributed by atoms with E-state index in [0.717, 1.165) is 38.1 Å². The average molecular weight is 356 g/mol. The second-order valence-electron chi connectivity index (χ2n) is 7.63. The largest absolute Gasteiger partial charge is 0.497 e. The Kier molecular flexibility index (Phi) is 5.35. The summed E-state index contributed by atoms with van der Waals surface area (Å²) < 4.78 is 5.35. The number of benzene rings is 1. The normalized spacial score (nSPS) is 25.8. The molecule has 5 heteroatoms. The topological polar surface area (TPSA) is 49.9 Å². The van der Waals surface area contributed by atoms with Crippen molar-refractivity contribution in [2.75, 3.05) is 33.3 Å². The molecule has 0 N–H and O–H groups in total. The summed E-state index contributed by atoms with van der Waals surface area (Å²) in [4.78, 5) is 28.6. The fraction of sp³-hybridized carbons (Fsp3) is 0.524. The van der Waals surface area contributed by atoms with Gasteiger partial charge in [0.1, 0.15) is 5.75 Å². The molecule has 140 valence electrons. The smallest absolute Gasteiger partial charge is 0.245 e. The Hall–Kier alpha value is -2.30. The van der Waals surface area contributed by atoms with E-state index < -0.39 is 0 Å². The standard InChI is InChI=1S/C21H28N2O3/c1-4-19(24)22-11-6-7-16(14-22)20(25)23-12-10-21(2,15-23)17-8-5-9-18(13-17)26-3/h4-5,8-9,13,16H,1,6-7,10-12,14-15H2,2-3H3. The van der Waals surface area contributed by atoms with Crippen molar-refractivity contribution in [1.82, 2.24) is 9.80 Å². The van der Waals surface area contributed by atoms with E-state index in [9.17, 15) is 9.59 Å². The molecule has 0 radical (unpaired) electrons. The van der Waals surface area contributed by atoms with E-state index in [1.54, 1.807) is 12.0 Å². The summed E-state index contributed by atoms with van der Waals surface area (Å²) in [5.74, 6) is 0.850. The molecule has 2 atom stereocenters. The minimum absolute atomic E-state index is 0.0600. The first-order chi connectivity index (χ1) is 12.5. The highest BCUT2D eigenvalue weighted by Crippen LogP contribution is 2.36. The summed E-state index contributed by atoms with van der Waals surface area (Å²) in [6.07, 6.45) is 4.00. The van der Waals surface area contributed by atoms with Crippen LogP contribution >= 0.6 is 0 Å². The maximum Gasteiger partial charge on any atom is 0.245 e.